The van der Waals surface area contributed by atoms with Gasteiger partial charge in [-0.05, 0) is 43.7 Å². The second-order valence-corrected chi connectivity index (χ2v) is 6.97. The van der Waals surface area contributed by atoms with Crippen molar-refractivity contribution in [3.05, 3.63) is 65.2 Å². The van der Waals surface area contributed by atoms with E-state index in [1.54, 1.807) is 36.4 Å². The molecule has 9 nitrogen and oxygen atoms in total. The molecule has 2 aromatic carbocycles. The maximum atomic E-state index is 12.4. The number of carbonyl (C=O) groups excluding carboxylic acids is 5. The topological polar surface area (TPSA) is 122 Å². The van der Waals surface area contributed by atoms with Gasteiger partial charge in [-0.25, -0.2) is 9.59 Å². The number of nitrogens with one attached hydrogen (secondary N) is 2. The smallest absolute Gasteiger partial charge is 0.338 e. The molecule has 1 heterocycles. The number of urea groups is 1. The molecule has 9 heteroatoms. The van der Waals surface area contributed by atoms with Gasteiger partial charge in [0.25, 0.3) is 5.91 Å². The third kappa shape index (κ3) is 5.13. The lowest BCUT2D eigenvalue weighted by molar-refractivity contribution is -0.125. The molecular weight excluding hydrogens is 402 g/mol. The van der Waals surface area contributed by atoms with Crippen molar-refractivity contribution in [3.63, 3.8) is 0 Å². The van der Waals surface area contributed by atoms with E-state index in [2.05, 4.69) is 10.6 Å². The Kier molecular flexibility index (Phi) is 6.44. The van der Waals surface area contributed by atoms with Gasteiger partial charge in [0.2, 0.25) is 5.91 Å². The van der Waals surface area contributed by atoms with E-state index >= 15 is 0 Å². The van der Waals surface area contributed by atoms with Crippen LogP contribution in [0.15, 0.2) is 48.5 Å². The third-order valence-electron chi connectivity index (χ3n) is 4.68. The van der Waals surface area contributed by atoms with Crippen molar-refractivity contribution >= 4 is 35.3 Å². The van der Waals surface area contributed by atoms with Gasteiger partial charge in [-0.3, -0.25) is 19.3 Å². The van der Waals surface area contributed by atoms with Gasteiger partial charge in [-0.15, -0.1) is 0 Å². The number of carbonyl (C=O) groups is 5. The Morgan fingerprint density at radius 2 is 1.77 bits per heavy atom. The first-order valence-corrected chi connectivity index (χ1v) is 9.55. The van der Waals surface area contributed by atoms with Crippen molar-refractivity contribution in [1.82, 2.24) is 10.2 Å². The van der Waals surface area contributed by atoms with Gasteiger partial charge >= 0.3 is 12.0 Å². The number of hydrogen-bond donors (Lipinski definition) is 2. The minimum Gasteiger partial charge on any atom is -0.449 e. The van der Waals surface area contributed by atoms with Gasteiger partial charge in [0.1, 0.15) is 0 Å². The van der Waals surface area contributed by atoms with E-state index in [9.17, 15) is 24.0 Å². The van der Waals surface area contributed by atoms with Crippen LogP contribution in [0.4, 0.5) is 10.5 Å². The first kappa shape index (κ1) is 21.7. The second kappa shape index (κ2) is 9.21. The van der Waals surface area contributed by atoms with Crippen molar-refractivity contribution in [2.24, 2.45) is 0 Å². The van der Waals surface area contributed by atoms with Crippen LogP contribution in [0.25, 0.3) is 0 Å². The highest BCUT2D eigenvalue weighted by molar-refractivity contribution is 6.05. The van der Waals surface area contributed by atoms with E-state index in [0.29, 0.717) is 16.8 Å². The molecule has 2 aromatic rings. The first-order chi connectivity index (χ1) is 14.8. The number of ether oxygens (including phenoxy) is 1. The maximum absolute atomic E-state index is 12.4. The van der Waals surface area contributed by atoms with Gasteiger partial charge < -0.3 is 15.4 Å². The summed E-state index contributed by atoms with van der Waals surface area (Å²) < 4.78 is 5.21. The average molecular weight is 423 g/mol. The van der Waals surface area contributed by atoms with E-state index < -0.39 is 24.0 Å². The van der Waals surface area contributed by atoms with Crippen LogP contribution in [0, 0.1) is 0 Å². The summed E-state index contributed by atoms with van der Waals surface area (Å²) in [5.74, 6) is -1.80. The Labute approximate surface area is 178 Å². The molecule has 0 saturated carbocycles. The van der Waals surface area contributed by atoms with Gasteiger partial charge in [-0.2, -0.15) is 0 Å². The summed E-state index contributed by atoms with van der Waals surface area (Å²) in [6.45, 7) is 2.88. The number of imide groups is 1. The zero-order valence-corrected chi connectivity index (χ0v) is 17.0. The number of benzene rings is 2. The molecule has 0 aliphatic carbocycles. The lowest BCUT2D eigenvalue weighted by Crippen LogP contribution is -2.31. The monoisotopic (exact) mass is 423 g/mol. The summed E-state index contributed by atoms with van der Waals surface area (Å²) in [7, 11) is 0. The highest BCUT2D eigenvalue weighted by Gasteiger charge is 2.28. The normalized spacial score (nSPS) is 14.1. The highest BCUT2D eigenvalue weighted by atomic mass is 16.5. The standard InChI is InChI=1S/C22H21N3O6/c1-13(26)17-5-3-4-6-18(17)24-20(28)14(2)31-21(29)16-9-7-15(8-10-16)12-25-19(27)11-23-22(25)30/h3-10,14H,11-12H2,1-2H3,(H,23,30)(H,24,28)/t14-/m1/s1. The van der Waals surface area contributed by atoms with E-state index in [0.717, 1.165) is 4.90 Å². The van der Waals surface area contributed by atoms with Crippen LogP contribution in [0.1, 0.15) is 40.1 Å². The van der Waals surface area contributed by atoms with Crippen LogP contribution in [0.5, 0.6) is 0 Å². The molecule has 1 aliphatic rings. The van der Waals surface area contributed by atoms with Crippen molar-refractivity contribution in [3.8, 4) is 0 Å². The van der Waals surface area contributed by atoms with Crippen molar-refractivity contribution in [1.29, 1.82) is 0 Å². The van der Waals surface area contributed by atoms with Crippen molar-refractivity contribution in [2.75, 3.05) is 11.9 Å². The Hall–Kier alpha value is -4.01. The van der Waals surface area contributed by atoms with E-state index in [4.69, 9.17) is 4.74 Å². The van der Waals surface area contributed by atoms with E-state index in [1.807, 2.05) is 0 Å². The molecule has 2 N–H and O–H groups in total. The van der Waals surface area contributed by atoms with Gasteiger partial charge in [0.05, 0.1) is 24.3 Å². The van der Waals surface area contributed by atoms with Gasteiger partial charge in [-0.1, -0.05) is 24.3 Å². The lowest BCUT2D eigenvalue weighted by Gasteiger charge is -2.15. The summed E-state index contributed by atoms with van der Waals surface area (Å²) in [5, 5.41) is 5.03. The van der Waals surface area contributed by atoms with Crippen molar-refractivity contribution < 1.29 is 28.7 Å². The number of esters is 1. The fourth-order valence-corrected chi connectivity index (χ4v) is 2.96. The third-order valence-corrected chi connectivity index (χ3v) is 4.68. The van der Waals surface area contributed by atoms with Gasteiger partial charge in [0, 0.05) is 5.56 Å². The Balaban J connectivity index is 1.59. The lowest BCUT2D eigenvalue weighted by atomic mass is 10.1. The Morgan fingerprint density at radius 3 is 2.39 bits per heavy atom. The molecule has 1 aliphatic heterocycles. The van der Waals surface area contributed by atoms with E-state index in [-0.39, 0.29) is 30.3 Å². The van der Waals surface area contributed by atoms with Crippen LogP contribution in [0.2, 0.25) is 0 Å². The predicted octanol–water partition coefficient (Wildman–Crippen LogP) is 2.12. The number of amides is 4. The summed E-state index contributed by atoms with van der Waals surface area (Å²) >= 11 is 0. The number of rotatable bonds is 7. The minimum atomic E-state index is -1.10. The largest absolute Gasteiger partial charge is 0.449 e. The molecular formula is C22H21N3O6. The molecule has 3 rings (SSSR count). The SMILES string of the molecule is CC(=O)c1ccccc1NC(=O)[C@@H](C)OC(=O)c1ccc(CN2C(=O)CNC2=O)cc1. The molecule has 160 valence electrons. The summed E-state index contributed by atoms with van der Waals surface area (Å²) in [4.78, 5) is 60.8. The maximum Gasteiger partial charge on any atom is 0.338 e. The zero-order valence-electron chi connectivity index (χ0n) is 17.0. The molecule has 0 aromatic heterocycles. The Bertz CT molecular complexity index is 1030. The van der Waals surface area contributed by atoms with Crippen molar-refractivity contribution in [2.45, 2.75) is 26.5 Å². The molecule has 31 heavy (non-hydrogen) atoms. The number of anilines is 1. The molecule has 0 spiro atoms. The van der Waals surface area contributed by atoms with E-state index in [1.165, 1.54) is 26.0 Å². The number of para-hydroxylation sites is 1. The number of hydrogen-bond acceptors (Lipinski definition) is 6. The summed E-state index contributed by atoms with van der Waals surface area (Å²) in [6, 6.07) is 12.3. The average Bonchev–Trinajstić information content (AvgIpc) is 3.06. The van der Waals surface area contributed by atoms with Crippen LogP contribution < -0.4 is 10.6 Å². The molecule has 1 fully saturated rings. The molecule has 1 atom stereocenters. The highest BCUT2D eigenvalue weighted by Crippen LogP contribution is 2.17. The number of Topliss-reactive ketones (excluding diaryl/α,β-unsaturated/α-hetero) is 1. The second-order valence-electron chi connectivity index (χ2n) is 6.97. The summed E-state index contributed by atoms with van der Waals surface area (Å²) in [5.41, 5.74) is 1.57. The van der Waals surface area contributed by atoms with Crippen LogP contribution in [-0.2, 0) is 20.9 Å². The fraction of sp³-hybridized carbons (Fsp3) is 0.227. The molecule has 0 radical (unpaired) electrons. The van der Waals surface area contributed by atoms with Crippen LogP contribution in [-0.4, -0.2) is 47.1 Å². The fourth-order valence-electron chi connectivity index (χ4n) is 2.96. The van der Waals surface area contributed by atoms with Crippen LogP contribution >= 0.6 is 0 Å². The molecule has 0 unspecified atom stereocenters. The van der Waals surface area contributed by atoms with Crippen LogP contribution in [0.3, 0.4) is 0 Å². The molecule has 1 saturated heterocycles. The quantitative estimate of drug-likeness (QED) is 0.400. The minimum absolute atomic E-state index is 0.0277. The first-order valence-electron chi connectivity index (χ1n) is 9.55. The van der Waals surface area contributed by atoms with Gasteiger partial charge in [0.15, 0.2) is 11.9 Å². The zero-order chi connectivity index (χ0) is 22.5. The molecule has 0 bridgehead atoms. The molecule has 4 amide bonds. The Morgan fingerprint density at radius 1 is 1.10 bits per heavy atom. The number of ketones is 1. The summed E-state index contributed by atoms with van der Waals surface area (Å²) in [6.07, 6.45) is -1.10. The predicted molar refractivity (Wildman–Crippen MR) is 110 cm³/mol. The number of nitrogens with zero attached hydrogens (tertiary/aromatic N) is 1.